The molecule has 0 spiro atoms. The van der Waals surface area contributed by atoms with Crippen LogP contribution in [0.25, 0.3) is 28.2 Å². The Morgan fingerprint density at radius 3 is 2.73 bits per heavy atom. The van der Waals surface area contributed by atoms with Gasteiger partial charge in [-0.05, 0) is 55.8 Å². The van der Waals surface area contributed by atoms with E-state index in [0.717, 1.165) is 43.9 Å². The van der Waals surface area contributed by atoms with Crippen LogP contribution in [0.4, 0.5) is 19.0 Å². The second-order valence-electron chi connectivity index (χ2n) is 13.9. The molecular weight excluding hydrogens is 657 g/mol. The molecule has 3 aromatic heterocycles. The molecule has 4 aliphatic rings. The van der Waals surface area contributed by atoms with Crippen molar-refractivity contribution in [1.82, 2.24) is 29.7 Å². The number of ether oxygens (including phenoxy) is 1. The molecule has 0 radical (unpaired) electrons. The van der Waals surface area contributed by atoms with Crippen molar-refractivity contribution >= 4 is 28.7 Å². The topological polar surface area (TPSA) is 111 Å². The normalized spacial score (nSPS) is 23.8. The summed E-state index contributed by atoms with van der Waals surface area (Å²) in [6, 6.07) is 14.0. The number of piperazine rings is 1. The fourth-order valence-electron chi connectivity index (χ4n) is 8.01. The van der Waals surface area contributed by atoms with Crippen LogP contribution in [0.2, 0.25) is 0 Å². The first-order valence-electron chi connectivity index (χ1n) is 17.5. The number of hydrogen-bond donors (Lipinski definition) is 0. The van der Waals surface area contributed by atoms with E-state index in [9.17, 15) is 14.4 Å². The monoisotopic (exact) mass is 694 g/mol. The van der Waals surface area contributed by atoms with Gasteiger partial charge in [-0.3, -0.25) is 19.7 Å². The first kappa shape index (κ1) is 33.1. The minimum Gasteiger partial charge on any atom is -0.461 e. The van der Waals surface area contributed by atoms with Crippen molar-refractivity contribution < 1.29 is 22.7 Å². The fraction of sp³-hybridized carbons (Fsp3) is 0.421. The highest BCUT2D eigenvalue weighted by Crippen LogP contribution is 2.45. The quantitative estimate of drug-likeness (QED) is 0.195. The van der Waals surface area contributed by atoms with E-state index in [2.05, 4.69) is 25.9 Å². The number of pyridine rings is 2. The lowest BCUT2D eigenvalue weighted by Gasteiger charge is -2.41. The number of benzene rings is 1. The van der Waals surface area contributed by atoms with Crippen molar-refractivity contribution in [2.45, 2.75) is 62.2 Å². The molecule has 3 saturated heterocycles. The lowest BCUT2D eigenvalue weighted by Crippen LogP contribution is -2.55. The summed E-state index contributed by atoms with van der Waals surface area (Å²) < 4.78 is 52.8. The van der Waals surface area contributed by atoms with Gasteiger partial charge in [0.25, 0.3) is 5.91 Å². The Labute approximate surface area is 293 Å². The number of fused-ring (bicyclic) bond motifs is 2. The van der Waals surface area contributed by atoms with E-state index >= 15 is 8.78 Å². The van der Waals surface area contributed by atoms with Gasteiger partial charge in [-0.25, -0.2) is 13.2 Å². The predicted octanol–water partition coefficient (Wildman–Crippen LogP) is 6.00. The maximum atomic E-state index is 16.8. The average molecular weight is 695 g/mol. The molecule has 262 valence electrons. The molecule has 1 unspecified atom stereocenters. The van der Waals surface area contributed by atoms with E-state index in [-0.39, 0.29) is 49.9 Å². The number of nitriles is 1. The summed E-state index contributed by atoms with van der Waals surface area (Å²) in [7, 11) is 0. The van der Waals surface area contributed by atoms with Gasteiger partial charge in [0.2, 0.25) is 0 Å². The number of carbonyl (C=O) groups excluding carboxylic acids is 1. The maximum Gasteiger partial charge on any atom is 0.319 e. The summed E-state index contributed by atoms with van der Waals surface area (Å²) in [5.41, 5.74) is 1.79. The Morgan fingerprint density at radius 2 is 1.92 bits per heavy atom. The Balaban J connectivity index is 1.15. The van der Waals surface area contributed by atoms with Crippen molar-refractivity contribution in [2.24, 2.45) is 0 Å². The maximum absolute atomic E-state index is 16.8. The molecular formula is C38H37F3N8O2. The standard InChI is InChI=1S/C38H37F3N8O2/c39-25-19-38(12-5-15-48(38)21-25)23-51-37-45-34-30(20-44-33(32(34)41)29-8-2-1-7-28(29)24-9-10-24)35(46-37)47-16-17-49(27(22-47)11-13-42)36(50)31(40)18-26-6-3-4-14-43-26/h1-4,6-8,14,18,20,24-25,27H,5,9-12,15-17,19,21-23H2/b31-18-/t25?,27-,38-/m0/s1. The van der Waals surface area contributed by atoms with Crippen LogP contribution in [-0.2, 0) is 4.79 Å². The number of alkyl halides is 1. The highest BCUT2D eigenvalue weighted by atomic mass is 19.1. The highest BCUT2D eigenvalue weighted by Gasteiger charge is 2.49. The molecule has 3 aliphatic heterocycles. The van der Waals surface area contributed by atoms with E-state index in [1.54, 1.807) is 24.4 Å². The lowest BCUT2D eigenvalue weighted by atomic mass is 9.95. The van der Waals surface area contributed by atoms with Crippen molar-refractivity contribution in [3.8, 4) is 23.3 Å². The number of carbonyl (C=O) groups is 1. The molecule has 3 atom stereocenters. The van der Waals surface area contributed by atoms with E-state index < -0.39 is 35.3 Å². The molecule has 6 heterocycles. The van der Waals surface area contributed by atoms with Crippen LogP contribution in [0.1, 0.15) is 55.7 Å². The van der Waals surface area contributed by atoms with E-state index in [0.29, 0.717) is 41.3 Å². The van der Waals surface area contributed by atoms with Crippen LogP contribution in [0.3, 0.4) is 0 Å². The van der Waals surface area contributed by atoms with Crippen molar-refractivity contribution in [2.75, 3.05) is 44.2 Å². The number of nitrogens with zero attached hydrogens (tertiary/aromatic N) is 8. The third-order valence-corrected chi connectivity index (χ3v) is 10.6. The number of halogens is 3. The van der Waals surface area contributed by atoms with Gasteiger partial charge in [0, 0.05) is 56.6 Å². The van der Waals surface area contributed by atoms with Gasteiger partial charge < -0.3 is 14.5 Å². The van der Waals surface area contributed by atoms with Crippen LogP contribution >= 0.6 is 0 Å². The number of amides is 1. The predicted molar refractivity (Wildman–Crippen MR) is 185 cm³/mol. The Kier molecular flexibility index (Phi) is 8.79. The first-order chi connectivity index (χ1) is 24.8. The third kappa shape index (κ3) is 6.37. The average Bonchev–Trinajstić information content (AvgIpc) is 3.85. The van der Waals surface area contributed by atoms with Crippen LogP contribution in [0.5, 0.6) is 6.01 Å². The lowest BCUT2D eigenvalue weighted by molar-refractivity contribution is -0.131. The molecule has 0 bridgehead atoms. The summed E-state index contributed by atoms with van der Waals surface area (Å²) in [5.74, 6) is -1.74. The molecule has 1 aromatic carbocycles. The Bertz CT molecular complexity index is 2040. The number of anilines is 1. The largest absolute Gasteiger partial charge is 0.461 e. The van der Waals surface area contributed by atoms with E-state index in [4.69, 9.17) is 9.72 Å². The van der Waals surface area contributed by atoms with Crippen molar-refractivity contribution in [3.63, 3.8) is 0 Å². The Hall–Kier alpha value is -5.09. The van der Waals surface area contributed by atoms with Crippen LogP contribution in [-0.4, -0.2) is 92.7 Å². The highest BCUT2D eigenvalue weighted by molar-refractivity contribution is 5.96. The van der Waals surface area contributed by atoms with Gasteiger partial charge in [-0.15, -0.1) is 0 Å². The summed E-state index contributed by atoms with van der Waals surface area (Å²) in [6.07, 6.45) is 7.28. The molecule has 1 aliphatic carbocycles. The molecule has 4 fully saturated rings. The van der Waals surface area contributed by atoms with Crippen molar-refractivity contribution in [3.05, 3.63) is 77.8 Å². The van der Waals surface area contributed by atoms with E-state index in [1.165, 1.54) is 11.1 Å². The Morgan fingerprint density at radius 1 is 1.08 bits per heavy atom. The number of rotatable bonds is 9. The van der Waals surface area contributed by atoms with E-state index in [1.807, 2.05) is 29.2 Å². The zero-order chi connectivity index (χ0) is 35.1. The van der Waals surface area contributed by atoms with Gasteiger partial charge in [0.05, 0.1) is 35.2 Å². The summed E-state index contributed by atoms with van der Waals surface area (Å²) >= 11 is 0. The zero-order valence-corrected chi connectivity index (χ0v) is 28.0. The van der Waals surface area contributed by atoms with Gasteiger partial charge >= 0.3 is 6.01 Å². The van der Waals surface area contributed by atoms with Crippen LogP contribution in [0.15, 0.2) is 60.7 Å². The molecule has 1 amide bonds. The van der Waals surface area contributed by atoms with Crippen molar-refractivity contribution in [1.29, 1.82) is 5.26 Å². The first-order valence-corrected chi connectivity index (χ1v) is 17.5. The van der Waals surface area contributed by atoms with Gasteiger partial charge in [-0.1, -0.05) is 30.3 Å². The summed E-state index contributed by atoms with van der Waals surface area (Å²) in [6.45, 7) is 1.72. The van der Waals surface area contributed by atoms with Crippen LogP contribution < -0.4 is 9.64 Å². The summed E-state index contributed by atoms with van der Waals surface area (Å²) in [5, 5.41) is 10.1. The number of hydrogen-bond acceptors (Lipinski definition) is 9. The molecule has 4 aromatic rings. The molecule has 0 N–H and O–H groups in total. The minimum atomic E-state index is -0.985. The van der Waals surface area contributed by atoms with Gasteiger partial charge in [0.15, 0.2) is 11.6 Å². The second-order valence-corrected chi connectivity index (χ2v) is 13.9. The molecule has 1 saturated carbocycles. The number of aromatic nitrogens is 4. The fourth-order valence-corrected chi connectivity index (χ4v) is 8.01. The van der Waals surface area contributed by atoms with Gasteiger partial charge in [-0.2, -0.15) is 15.2 Å². The second kappa shape index (κ2) is 13.6. The smallest absolute Gasteiger partial charge is 0.319 e. The molecule has 13 heteroatoms. The summed E-state index contributed by atoms with van der Waals surface area (Å²) in [4.78, 5) is 36.7. The third-order valence-electron chi connectivity index (χ3n) is 10.6. The SMILES string of the molecule is N#CC[C@H]1CN(c2nc(OC[C@@]34CCCN3CC(F)C4)nc3c(F)c(-c4ccccc4C4CC4)ncc23)CCN1C(=O)/C(F)=C/c1ccccn1. The minimum absolute atomic E-state index is 0.0286. The zero-order valence-electron chi connectivity index (χ0n) is 28.0. The van der Waals surface area contributed by atoms with Crippen LogP contribution in [0, 0.1) is 17.1 Å². The molecule has 10 nitrogen and oxygen atoms in total. The van der Waals surface area contributed by atoms with Gasteiger partial charge in [0.1, 0.15) is 29.8 Å². The molecule has 51 heavy (non-hydrogen) atoms. The molecule has 8 rings (SSSR count).